The molecular formula is C29H27N5O3. The maximum atomic E-state index is 12.8. The smallest absolute Gasteiger partial charge is 0.410 e. The number of nitrogens with zero attached hydrogens (tertiary/aromatic N) is 4. The van der Waals surface area contributed by atoms with Crippen LogP contribution in [0.15, 0.2) is 72.8 Å². The maximum Gasteiger partial charge on any atom is 0.414 e. The first kappa shape index (κ1) is 25.4. The van der Waals surface area contributed by atoms with Crippen LogP contribution >= 0.6 is 0 Å². The van der Waals surface area contributed by atoms with Gasteiger partial charge in [-0.05, 0) is 66.1 Å². The van der Waals surface area contributed by atoms with E-state index in [1.165, 1.54) is 4.90 Å². The van der Waals surface area contributed by atoms with Crippen molar-refractivity contribution in [3.63, 3.8) is 0 Å². The zero-order valence-corrected chi connectivity index (χ0v) is 20.7. The first-order valence-corrected chi connectivity index (χ1v) is 11.9. The van der Waals surface area contributed by atoms with Crippen molar-refractivity contribution in [2.24, 2.45) is 0 Å². The number of rotatable bonds is 6. The Balaban J connectivity index is 1.52. The number of ether oxygens (including phenoxy) is 1. The van der Waals surface area contributed by atoms with Gasteiger partial charge in [-0.1, -0.05) is 24.3 Å². The number of hydrogen-bond donors (Lipinski definition) is 1. The minimum atomic E-state index is -0.447. The molecule has 2 amide bonds. The van der Waals surface area contributed by atoms with E-state index in [2.05, 4.69) is 22.4 Å². The molecule has 1 heterocycles. The number of likely N-dealkylation sites (tertiary alicyclic amines) is 1. The molecule has 186 valence electrons. The maximum absolute atomic E-state index is 12.8. The second-order valence-corrected chi connectivity index (χ2v) is 9.11. The molecule has 3 aromatic rings. The lowest BCUT2D eigenvalue weighted by Gasteiger charge is -2.29. The second kappa shape index (κ2) is 11.4. The van der Waals surface area contributed by atoms with Gasteiger partial charge < -0.3 is 15.0 Å². The molecule has 0 saturated carbocycles. The molecular weight excluding hydrogens is 466 g/mol. The number of nitriles is 2. The third-order valence-corrected chi connectivity index (χ3v) is 6.32. The fraction of sp³-hybridized carbons (Fsp3) is 0.241. The van der Waals surface area contributed by atoms with Crippen LogP contribution in [0.4, 0.5) is 4.79 Å². The number of benzene rings is 3. The van der Waals surface area contributed by atoms with E-state index < -0.39 is 6.09 Å². The normalized spacial score (nSPS) is 15.7. The van der Waals surface area contributed by atoms with Gasteiger partial charge in [0, 0.05) is 38.8 Å². The summed E-state index contributed by atoms with van der Waals surface area (Å²) in [4.78, 5) is 28.3. The summed E-state index contributed by atoms with van der Waals surface area (Å²) in [6, 6.07) is 25.6. The van der Waals surface area contributed by atoms with Gasteiger partial charge in [0.1, 0.15) is 5.75 Å². The van der Waals surface area contributed by atoms with Gasteiger partial charge in [0.15, 0.2) is 0 Å². The Hall–Kier alpha value is -4.66. The predicted octanol–water partition coefficient (Wildman–Crippen LogP) is 4.08. The molecule has 4 rings (SSSR count). The lowest BCUT2D eigenvalue weighted by molar-refractivity contribution is 0.0937. The lowest BCUT2D eigenvalue weighted by atomic mass is 9.96. The molecule has 1 unspecified atom stereocenters. The van der Waals surface area contributed by atoms with E-state index in [0.29, 0.717) is 29.0 Å². The molecule has 8 nitrogen and oxygen atoms in total. The summed E-state index contributed by atoms with van der Waals surface area (Å²) in [5.74, 6) is 0.285. The molecule has 0 aromatic heterocycles. The minimum Gasteiger partial charge on any atom is -0.410 e. The monoisotopic (exact) mass is 493 g/mol. The Kier molecular flexibility index (Phi) is 7.83. The van der Waals surface area contributed by atoms with E-state index in [1.54, 1.807) is 62.6 Å². The molecule has 3 aromatic carbocycles. The lowest BCUT2D eigenvalue weighted by Crippen LogP contribution is -2.38. The quantitative estimate of drug-likeness (QED) is 0.554. The van der Waals surface area contributed by atoms with Crippen LogP contribution in [0, 0.1) is 22.7 Å². The van der Waals surface area contributed by atoms with Crippen LogP contribution in [0.1, 0.15) is 45.1 Å². The van der Waals surface area contributed by atoms with Crippen LogP contribution in [0.2, 0.25) is 0 Å². The number of hydrogen-bond acceptors (Lipinski definition) is 6. The molecule has 1 N–H and O–H groups in total. The summed E-state index contributed by atoms with van der Waals surface area (Å²) in [5, 5.41) is 21.3. The number of carbonyl (C=O) groups excluding carboxylic acids is 2. The van der Waals surface area contributed by atoms with E-state index in [-0.39, 0.29) is 18.0 Å². The highest BCUT2D eigenvalue weighted by Crippen LogP contribution is 2.33. The summed E-state index contributed by atoms with van der Waals surface area (Å²) in [7, 11) is 3.25. The van der Waals surface area contributed by atoms with Crippen molar-refractivity contribution in [1.29, 1.82) is 10.5 Å². The van der Waals surface area contributed by atoms with Gasteiger partial charge in [-0.3, -0.25) is 9.69 Å². The Labute approximate surface area is 216 Å². The van der Waals surface area contributed by atoms with Crippen LogP contribution in [0.5, 0.6) is 5.75 Å². The van der Waals surface area contributed by atoms with Crippen LogP contribution in [0.3, 0.4) is 0 Å². The molecule has 1 saturated heterocycles. The van der Waals surface area contributed by atoms with Crippen molar-refractivity contribution >= 4 is 12.0 Å². The van der Waals surface area contributed by atoms with E-state index in [1.807, 2.05) is 24.3 Å². The molecule has 8 heteroatoms. The third kappa shape index (κ3) is 6.13. The fourth-order valence-electron chi connectivity index (χ4n) is 4.37. The van der Waals surface area contributed by atoms with E-state index in [0.717, 1.165) is 24.1 Å². The first-order chi connectivity index (χ1) is 17.9. The van der Waals surface area contributed by atoms with Crippen molar-refractivity contribution in [1.82, 2.24) is 15.1 Å². The van der Waals surface area contributed by atoms with E-state index in [9.17, 15) is 14.9 Å². The topological polar surface area (TPSA) is 109 Å². The molecule has 0 radical (unpaired) electrons. The van der Waals surface area contributed by atoms with E-state index in [4.69, 9.17) is 10.00 Å². The SMILES string of the molecule is CN(C)C(=O)Oc1ccc(C(c2ccc(C#N)cc2)N2CC[C@@H](NC(=O)c3ccc(C#N)cc3)C2)cc1. The Bertz CT molecular complexity index is 1340. The highest BCUT2D eigenvalue weighted by Gasteiger charge is 2.31. The van der Waals surface area contributed by atoms with Crippen LogP contribution in [0.25, 0.3) is 0 Å². The van der Waals surface area contributed by atoms with Gasteiger partial charge >= 0.3 is 6.09 Å². The average molecular weight is 494 g/mol. The van der Waals surface area contributed by atoms with Crippen molar-refractivity contribution in [3.05, 3.63) is 101 Å². The number of nitrogens with one attached hydrogen (secondary N) is 1. The standard InChI is InChI=1S/C29H27N5O3/c1-33(2)29(36)37-26-13-11-23(12-14-26)27(22-7-3-20(17-30)4-8-22)34-16-15-25(19-34)32-28(35)24-9-5-21(18-31)6-10-24/h3-14,25,27H,15-16,19H2,1-2H3,(H,32,35)/t25-,27?/m1/s1. The molecule has 0 spiro atoms. The zero-order valence-electron chi connectivity index (χ0n) is 20.7. The van der Waals surface area contributed by atoms with Crippen LogP contribution in [-0.2, 0) is 0 Å². The molecule has 0 bridgehead atoms. The van der Waals surface area contributed by atoms with Gasteiger partial charge in [0.2, 0.25) is 0 Å². The summed E-state index contributed by atoms with van der Waals surface area (Å²) in [6.45, 7) is 1.41. The van der Waals surface area contributed by atoms with Crippen molar-refractivity contribution in [3.8, 4) is 17.9 Å². The number of carbonyl (C=O) groups is 2. The number of amides is 2. The molecule has 1 aliphatic heterocycles. The predicted molar refractivity (Wildman–Crippen MR) is 138 cm³/mol. The van der Waals surface area contributed by atoms with Gasteiger partial charge in [0.05, 0.1) is 29.3 Å². The van der Waals surface area contributed by atoms with Gasteiger partial charge in [0.25, 0.3) is 5.91 Å². The average Bonchev–Trinajstić information content (AvgIpc) is 3.37. The van der Waals surface area contributed by atoms with Crippen molar-refractivity contribution < 1.29 is 14.3 Å². The van der Waals surface area contributed by atoms with Crippen molar-refractivity contribution in [2.45, 2.75) is 18.5 Å². The van der Waals surface area contributed by atoms with Crippen molar-refractivity contribution in [2.75, 3.05) is 27.2 Å². The first-order valence-electron chi connectivity index (χ1n) is 11.9. The highest BCUT2D eigenvalue weighted by atomic mass is 16.6. The fourth-order valence-corrected chi connectivity index (χ4v) is 4.37. The second-order valence-electron chi connectivity index (χ2n) is 9.11. The van der Waals surface area contributed by atoms with Gasteiger partial charge in [-0.2, -0.15) is 10.5 Å². The Morgan fingerprint density at radius 3 is 2.00 bits per heavy atom. The van der Waals surface area contributed by atoms with Gasteiger partial charge in [-0.25, -0.2) is 4.79 Å². The summed E-state index contributed by atoms with van der Waals surface area (Å²) >= 11 is 0. The molecule has 0 aliphatic carbocycles. The summed E-state index contributed by atoms with van der Waals surface area (Å²) < 4.78 is 5.36. The Morgan fingerprint density at radius 1 is 0.919 bits per heavy atom. The minimum absolute atomic E-state index is 0.0376. The van der Waals surface area contributed by atoms with Crippen LogP contribution < -0.4 is 10.1 Å². The van der Waals surface area contributed by atoms with E-state index >= 15 is 0 Å². The highest BCUT2D eigenvalue weighted by molar-refractivity contribution is 5.94. The summed E-state index contributed by atoms with van der Waals surface area (Å²) in [5.41, 5.74) is 3.65. The molecule has 37 heavy (non-hydrogen) atoms. The molecule has 2 atom stereocenters. The summed E-state index contributed by atoms with van der Waals surface area (Å²) in [6.07, 6.45) is 0.338. The zero-order chi connectivity index (χ0) is 26.4. The third-order valence-electron chi connectivity index (χ3n) is 6.32. The Morgan fingerprint density at radius 2 is 1.46 bits per heavy atom. The molecule has 1 fully saturated rings. The largest absolute Gasteiger partial charge is 0.414 e. The van der Waals surface area contributed by atoms with Crippen LogP contribution in [-0.4, -0.2) is 55.0 Å². The molecule has 1 aliphatic rings. The van der Waals surface area contributed by atoms with Gasteiger partial charge in [-0.15, -0.1) is 0 Å².